The summed E-state index contributed by atoms with van der Waals surface area (Å²) in [5.74, 6) is 0. The summed E-state index contributed by atoms with van der Waals surface area (Å²) in [6, 6.07) is 10.4. The Bertz CT molecular complexity index is 348. The minimum atomic E-state index is -4.03. The number of rotatable bonds is 9. The fraction of sp³-hybridized carbons (Fsp3) is 0.625. The van der Waals surface area contributed by atoms with E-state index in [1.165, 1.54) is 5.56 Å². The summed E-state index contributed by atoms with van der Waals surface area (Å²) in [7, 11) is 0. The highest BCUT2D eigenvalue weighted by Gasteiger charge is 2.25. The Kier molecular flexibility index (Phi) is 7.67. The first-order valence-electron chi connectivity index (χ1n) is 7.38. The topological polar surface area (TPSA) is 12.0 Å². The molecule has 0 fully saturated rings. The molecule has 0 radical (unpaired) electrons. The van der Waals surface area contributed by atoms with Gasteiger partial charge in [0.25, 0.3) is 0 Å². The molecule has 1 N–H and O–H groups in total. The van der Waals surface area contributed by atoms with Gasteiger partial charge in [0.05, 0.1) is 0 Å². The Labute approximate surface area is 119 Å². The molecule has 0 aliphatic rings. The maximum absolute atomic E-state index is 12.1. The molecular weight excluding hydrogens is 263 g/mol. The molecule has 1 unspecified atom stereocenters. The fourth-order valence-corrected chi connectivity index (χ4v) is 2.21. The molecule has 0 aliphatic heterocycles. The van der Waals surface area contributed by atoms with Crippen LogP contribution >= 0.6 is 0 Å². The van der Waals surface area contributed by atoms with Crippen LogP contribution in [0, 0.1) is 0 Å². The molecule has 0 saturated carbocycles. The van der Waals surface area contributed by atoms with E-state index in [0.717, 1.165) is 19.3 Å². The van der Waals surface area contributed by atoms with E-state index in [1.807, 2.05) is 18.2 Å². The smallest absolute Gasteiger partial charge is 0.310 e. The average molecular weight is 287 g/mol. The third-order valence-corrected chi connectivity index (χ3v) is 3.33. The molecule has 1 nitrogen and oxygen atoms in total. The molecule has 4 heteroatoms. The minimum absolute atomic E-state index is 0.200. The summed E-state index contributed by atoms with van der Waals surface area (Å²) in [6.07, 6.45) is -0.671. The second kappa shape index (κ2) is 9.01. The van der Waals surface area contributed by atoms with Crippen LogP contribution in [0.25, 0.3) is 0 Å². The van der Waals surface area contributed by atoms with Crippen molar-refractivity contribution in [3.63, 3.8) is 0 Å². The Morgan fingerprint density at radius 2 is 1.75 bits per heavy atom. The molecule has 0 bridgehead atoms. The van der Waals surface area contributed by atoms with Gasteiger partial charge >= 0.3 is 6.18 Å². The highest BCUT2D eigenvalue weighted by Crippen LogP contribution is 2.23. The van der Waals surface area contributed by atoms with Crippen LogP contribution in [-0.4, -0.2) is 12.7 Å². The van der Waals surface area contributed by atoms with Crippen LogP contribution in [0.1, 0.15) is 57.1 Å². The van der Waals surface area contributed by atoms with Crippen molar-refractivity contribution in [3.8, 4) is 0 Å². The van der Waals surface area contributed by atoms with E-state index in [0.29, 0.717) is 13.0 Å². The van der Waals surface area contributed by atoms with E-state index >= 15 is 0 Å². The van der Waals surface area contributed by atoms with E-state index in [9.17, 15) is 13.2 Å². The van der Waals surface area contributed by atoms with Gasteiger partial charge in [-0.05, 0) is 31.4 Å². The predicted octanol–water partition coefficient (Wildman–Crippen LogP) is 5.24. The molecule has 1 rings (SSSR count). The van der Waals surface area contributed by atoms with Crippen molar-refractivity contribution in [1.29, 1.82) is 0 Å². The third-order valence-electron chi connectivity index (χ3n) is 3.33. The quantitative estimate of drug-likeness (QED) is 0.612. The van der Waals surface area contributed by atoms with Crippen molar-refractivity contribution in [2.24, 2.45) is 0 Å². The second-order valence-electron chi connectivity index (χ2n) is 5.13. The Morgan fingerprint density at radius 3 is 2.35 bits per heavy atom. The molecule has 0 heterocycles. The summed E-state index contributed by atoms with van der Waals surface area (Å²) >= 11 is 0. The van der Waals surface area contributed by atoms with Crippen molar-refractivity contribution in [2.75, 3.05) is 6.54 Å². The molecule has 1 aromatic rings. The second-order valence-corrected chi connectivity index (χ2v) is 5.13. The van der Waals surface area contributed by atoms with Crippen LogP contribution < -0.4 is 5.32 Å². The minimum Gasteiger partial charge on any atom is -0.310 e. The summed E-state index contributed by atoms with van der Waals surface area (Å²) in [6.45, 7) is 2.78. The van der Waals surface area contributed by atoms with Crippen LogP contribution in [0.3, 0.4) is 0 Å². The molecule has 0 saturated heterocycles. The van der Waals surface area contributed by atoms with Gasteiger partial charge in [-0.1, -0.05) is 50.1 Å². The van der Waals surface area contributed by atoms with E-state index < -0.39 is 12.6 Å². The molecular formula is C16H24F3N. The zero-order valence-corrected chi connectivity index (χ0v) is 12.0. The number of alkyl halides is 3. The maximum Gasteiger partial charge on any atom is 0.389 e. The van der Waals surface area contributed by atoms with Gasteiger partial charge in [0.15, 0.2) is 0 Å². The number of nitrogens with one attached hydrogen (secondary N) is 1. The molecule has 0 amide bonds. The third kappa shape index (κ3) is 7.53. The van der Waals surface area contributed by atoms with Crippen LogP contribution in [0.15, 0.2) is 30.3 Å². The lowest BCUT2D eigenvalue weighted by Crippen LogP contribution is -2.23. The first-order chi connectivity index (χ1) is 9.53. The molecule has 1 atom stereocenters. The van der Waals surface area contributed by atoms with Gasteiger partial charge in [0.1, 0.15) is 0 Å². The lowest BCUT2D eigenvalue weighted by Gasteiger charge is -2.19. The van der Waals surface area contributed by atoms with Gasteiger partial charge in [-0.25, -0.2) is 0 Å². The Morgan fingerprint density at radius 1 is 1.05 bits per heavy atom. The summed E-state index contributed by atoms with van der Waals surface area (Å²) in [5.41, 5.74) is 1.22. The highest BCUT2D eigenvalue weighted by atomic mass is 19.4. The van der Waals surface area contributed by atoms with Crippen molar-refractivity contribution in [2.45, 2.75) is 57.7 Å². The first kappa shape index (κ1) is 17.0. The lowest BCUT2D eigenvalue weighted by molar-refractivity contribution is -0.135. The molecule has 1 aromatic carbocycles. The van der Waals surface area contributed by atoms with Crippen molar-refractivity contribution < 1.29 is 13.2 Å². The van der Waals surface area contributed by atoms with Crippen LogP contribution in [0.4, 0.5) is 13.2 Å². The Balaban J connectivity index is 2.34. The van der Waals surface area contributed by atoms with E-state index in [2.05, 4.69) is 24.4 Å². The highest BCUT2D eigenvalue weighted by molar-refractivity contribution is 5.18. The molecule has 0 aliphatic carbocycles. The van der Waals surface area contributed by atoms with Gasteiger partial charge in [0, 0.05) is 12.5 Å². The maximum atomic E-state index is 12.1. The summed E-state index contributed by atoms with van der Waals surface area (Å²) in [5, 5.41) is 3.39. The summed E-state index contributed by atoms with van der Waals surface area (Å²) in [4.78, 5) is 0. The van der Waals surface area contributed by atoms with Crippen LogP contribution in [-0.2, 0) is 0 Å². The normalized spacial score (nSPS) is 13.4. The predicted molar refractivity (Wildman–Crippen MR) is 76.6 cm³/mol. The number of unbranched alkanes of at least 4 members (excludes halogenated alkanes) is 2. The van der Waals surface area contributed by atoms with E-state index in [-0.39, 0.29) is 12.5 Å². The van der Waals surface area contributed by atoms with Crippen LogP contribution in [0.5, 0.6) is 0 Å². The first-order valence-corrected chi connectivity index (χ1v) is 7.38. The molecule has 0 spiro atoms. The van der Waals surface area contributed by atoms with Gasteiger partial charge < -0.3 is 5.32 Å². The van der Waals surface area contributed by atoms with E-state index in [1.54, 1.807) is 0 Å². The van der Waals surface area contributed by atoms with Gasteiger partial charge in [-0.2, -0.15) is 13.2 Å². The summed E-state index contributed by atoms with van der Waals surface area (Å²) < 4.78 is 36.2. The lowest BCUT2D eigenvalue weighted by atomic mass is 10.0. The zero-order valence-electron chi connectivity index (χ0n) is 12.0. The monoisotopic (exact) mass is 287 g/mol. The standard InChI is InChI=1S/C16H24F3N/c1-2-3-11-15(14-9-5-4-6-10-14)20-13-8-7-12-16(17,18)19/h4-6,9-10,15,20H,2-3,7-8,11-13H2,1H3. The zero-order chi connectivity index (χ0) is 14.8. The van der Waals surface area contributed by atoms with Crippen molar-refractivity contribution >= 4 is 0 Å². The number of benzene rings is 1. The van der Waals surface area contributed by atoms with Gasteiger partial charge in [0.2, 0.25) is 0 Å². The van der Waals surface area contributed by atoms with Gasteiger partial charge in [-0.3, -0.25) is 0 Å². The van der Waals surface area contributed by atoms with Gasteiger partial charge in [-0.15, -0.1) is 0 Å². The number of hydrogen-bond acceptors (Lipinski definition) is 1. The SMILES string of the molecule is CCCCC(NCCCCC(F)(F)F)c1ccccc1. The number of halogens is 3. The molecule has 0 aromatic heterocycles. The van der Waals surface area contributed by atoms with Crippen LogP contribution in [0.2, 0.25) is 0 Å². The van der Waals surface area contributed by atoms with Crippen molar-refractivity contribution in [3.05, 3.63) is 35.9 Å². The molecule has 114 valence electrons. The Hall–Kier alpha value is -1.03. The van der Waals surface area contributed by atoms with E-state index in [4.69, 9.17) is 0 Å². The molecule has 20 heavy (non-hydrogen) atoms. The van der Waals surface area contributed by atoms with Crippen molar-refractivity contribution in [1.82, 2.24) is 5.32 Å². The largest absolute Gasteiger partial charge is 0.389 e. The number of hydrogen-bond donors (Lipinski definition) is 1. The average Bonchev–Trinajstić information content (AvgIpc) is 2.41. The fourth-order valence-electron chi connectivity index (χ4n) is 2.21.